The molecule has 0 saturated heterocycles. The van der Waals surface area contributed by atoms with Crippen molar-refractivity contribution in [1.29, 1.82) is 0 Å². The number of aliphatic carboxylic acids is 1. The van der Waals surface area contributed by atoms with E-state index in [0.29, 0.717) is 0 Å². The van der Waals surface area contributed by atoms with Crippen molar-refractivity contribution < 1.29 is 24.2 Å². The molecule has 104 valence electrons. The van der Waals surface area contributed by atoms with E-state index < -0.39 is 23.9 Å². The Labute approximate surface area is 105 Å². The first-order chi connectivity index (χ1) is 8.34. The van der Waals surface area contributed by atoms with Gasteiger partial charge < -0.3 is 26.2 Å². The first-order valence-electron chi connectivity index (χ1n) is 5.47. The predicted octanol–water partition coefficient (Wildman–Crippen LogP) is -1.10. The number of urea groups is 1. The van der Waals surface area contributed by atoms with E-state index in [0.717, 1.165) is 0 Å². The van der Waals surface area contributed by atoms with Crippen LogP contribution in [0.3, 0.4) is 0 Å². The number of carboxylic acids is 1. The maximum atomic E-state index is 11.3. The van der Waals surface area contributed by atoms with Gasteiger partial charge in [0.1, 0.15) is 12.6 Å². The summed E-state index contributed by atoms with van der Waals surface area (Å²) < 4.78 is 4.81. The Morgan fingerprint density at radius 1 is 1.33 bits per heavy atom. The van der Waals surface area contributed by atoms with Gasteiger partial charge >= 0.3 is 12.0 Å². The largest absolute Gasteiger partial charge is 0.480 e. The molecule has 0 radical (unpaired) electrons. The topological polar surface area (TPSA) is 131 Å². The van der Waals surface area contributed by atoms with E-state index in [1.165, 1.54) is 0 Å². The van der Waals surface area contributed by atoms with Gasteiger partial charge in [0.15, 0.2) is 0 Å². The molecular weight excluding hydrogens is 242 g/mol. The number of carboxylic acid groups (broad SMARTS) is 1. The molecule has 0 aliphatic heterocycles. The number of nitrogens with one attached hydrogen (secondary N) is 2. The molecular formula is C10H19N3O5. The highest BCUT2D eigenvalue weighted by Gasteiger charge is 2.22. The maximum Gasteiger partial charge on any atom is 0.326 e. The molecule has 0 saturated carbocycles. The summed E-state index contributed by atoms with van der Waals surface area (Å²) in [4.78, 5) is 32.5. The Morgan fingerprint density at radius 2 is 1.94 bits per heavy atom. The summed E-state index contributed by atoms with van der Waals surface area (Å²) in [6.07, 6.45) is 0. The van der Waals surface area contributed by atoms with Crippen LogP contribution in [-0.4, -0.2) is 48.8 Å². The summed E-state index contributed by atoms with van der Waals surface area (Å²) in [5.41, 5.74) is 4.84. The van der Waals surface area contributed by atoms with Crippen molar-refractivity contribution in [2.75, 3.05) is 19.8 Å². The molecule has 3 amide bonds. The molecule has 0 spiro atoms. The molecule has 0 aromatic rings. The Balaban J connectivity index is 3.82. The average Bonchev–Trinajstić information content (AvgIpc) is 2.24. The van der Waals surface area contributed by atoms with Crippen LogP contribution >= 0.6 is 0 Å². The highest BCUT2D eigenvalue weighted by atomic mass is 16.5. The Hall–Kier alpha value is -1.83. The van der Waals surface area contributed by atoms with Gasteiger partial charge in [-0.25, -0.2) is 9.59 Å². The highest BCUT2D eigenvalue weighted by Crippen LogP contribution is 2.00. The van der Waals surface area contributed by atoms with Crippen molar-refractivity contribution in [3.05, 3.63) is 0 Å². The summed E-state index contributed by atoms with van der Waals surface area (Å²) in [6.45, 7) is 3.44. The third-order valence-corrected chi connectivity index (χ3v) is 2.00. The molecule has 8 heteroatoms. The molecule has 5 N–H and O–H groups in total. The van der Waals surface area contributed by atoms with Gasteiger partial charge in [-0.05, 0) is 5.92 Å². The fourth-order valence-electron chi connectivity index (χ4n) is 1.12. The van der Waals surface area contributed by atoms with Crippen molar-refractivity contribution in [2.45, 2.75) is 19.9 Å². The predicted molar refractivity (Wildman–Crippen MR) is 62.8 cm³/mol. The van der Waals surface area contributed by atoms with E-state index in [-0.39, 0.29) is 25.7 Å². The maximum absolute atomic E-state index is 11.3. The lowest BCUT2D eigenvalue weighted by atomic mass is 10.1. The van der Waals surface area contributed by atoms with Crippen LogP contribution in [0.1, 0.15) is 13.8 Å². The van der Waals surface area contributed by atoms with Gasteiger partial charge in [-0.2, -0.15) is 0 Å². The van der Waals surface area contributed by atoms with Crippen LogP contribution in [0.5, 0.6) is 0 Å². The second-order valence-electron chi connectivity index (χ2n) is 3.98. The zero-order valence-corrected chi connectivity index (χ0v) is 10.4. The zero-order valence-electron chi connectivity index (χ0n) is 10.4. The zero-order chi connectivity index (χ0) is 14.1. The van der Waals surface area contributed by atoms with E-state index in [4.69, 9.17) is 15.6 Å². The van der Waals surface area contributed by atoms with Crippen LogP contribution in [-0.2, 0) is 14.3 Å². The summed E-state index contributed by atoms with van der Waals surface area (Å²) in [6, 6.07) is -1.55. The third kappa shape index (κ3) is 7.44. The summed E-state index contributed by atoms with van der Waals surface area (Å²) in [5, 5.41) is 13.6. The second kappa shape index (κ2) is 8.29. The molecule has 0 unspecified atom stereocenters. The number of rotatable bonds is 8. The molecule has 0 aliphatic carbocycles. The average molecular weight is 261 g/mol. The van der Waals surface area contributed by atoms with Crippen molar-refractivity contribution in [1.82, 2.24) is 10.6 Å². The molecule has 0 bridgehead atoms. The molecule has 18 heavy (non-hydrogen) atoms. The Morgan fingerprint density at radius 3 is 2.39 bits per heavy atom. The molecule has 1 atom stereocenters. The molecule has 8 nitrogen and oxygen atoms in total. The fourth-order valence-corrected chi connectivity index (χ4v) is 1.12. The molecule has 0 aromatic heterocycles. The number of carbonyl (C=O) groups excluding carboxylic acids is 2. The van der Waals surface area contributed by atoms with Crippen LogP contribution in [0, 0.1) is 5.92 Å². The van der Waals surface area contributed by atoms with Gasteiger partial charge in [0.2, 0.25) is 5.91 Å². The summed E-state index contributed by atoms with van der Waals surface area (Å²) in [7, 11) is 0. The standard InChI is InChI=1S/C10H19N3O5/c1-6(2)8(9(15)16)13-10(17)12-3-4-18-5-7(11)14/h6,8H,3-5H2,1-2H3,(H2,11,14)(H,15,16)(H2,12,13,17)/t8-/m1/s1. The number of hydrogen-bond acceptors (Lipinski definition) is 4. The molecule has 0 aromatic carbocycles. The number of primary amides is 1. The van der Waals surface area contributed by atoms with Gasteiger partial charge in [-0.1, -0.05) is 13.8 Å². The first-order valence-corrected chi connectivity index (χ1v) is 5.47. The van der Waals surface area contributed by atoms with E-state index >= 15 is 0 Å². The molecule has 0 rings (SSSR count). The lowest BCUT2D eigenvalue weighted by Crippen LogP contribution is -2.49. The minimum atomic E-state index is -1.09. The SMILES string of the molecule is CC(C)[C@@H](NC(=O)NCCOCC(N)=O)C(=O)O. The minimum Gasteiger partial charge on any atom is -0.480 e. The monoisotopic (exact) mass is 261 g/mol. The van der Waals surface area contributed by atoms with Crippen LogP contribution in [0.25, 0.3) is 0 Å². The van der Waals surface area contributed by atoms with E-state index in [9.17, 15) is 14.4 Å². The first kappa shape index (κ1) is 16.2. The number of carbonyl (C=O) groups is 3. The van der Waals surface area contributed by atoms with Crippen LogP contribution in [0.4, 0.5) is 4.79 Å². The second-order valence-corrected chi connectivity index (χ2v) is 3.98. The lowest BCUT2D eigenvalue weighted by Gasteiger charge is -2.18. The summed E-state index contributed by atoms with van der Waals surface area (Å²) in [5.74, 6) is -1.91. The van der Waals surface area contributed by atoms with Crippen molar-refractivity contribution in [3.63, 3.8) is 0 Å². The smallest absolute Gasteiger partial charge is 0.326 e. The molecule has 0 aliphatic rings. The van der Waals surface area contributed by atoms with Gasteiger partial charge in [-0.3, -0.25) is 4.79 Å². The fraction of sp³-hybridized carbons (Fsp3) is 0.700. The van der Waals surface area contributed by atoms with Crippen molar-refractivity contribution in [2.24, 2.45) is 11.7 Å². The quantitative estimate of drug-likeness (QED) is 0.412. The van der Waals surface area contributed by atoms with Gasteiger partial charge in [0, 0.05) is 6.54 Å². The van der Waals surface area contributed by atoms with Crippen LogP contribution < -0.4 is 16.4 Å². The summed E-state index contributed by atoms with van der Waals surface area (Å²) >= 11 is 0. The third-order valence-electron chi connectivity index (χ3n) is 2.00. The van der Waals surface area contributed by atoms with Crippen molar-refractivity contribution in [3.8, 4) is 0 Å². The minimum absolute atomic E-state index is 0.121. The molecule has 0 heterocycles. The number of nitrogens with two attached hydrogens (primary N) is 1. The Bertz CT molecular complexity index is 306. The van der Waals surface area contributed by atoms with Crippen molar-refractivity contribution >= 4 is 17.9 Å². The lowest BCUT2D eigenvalue weighted by molar-refractivity contribution is -0.140. The van der Waals surface area contributed by atoms with E-state index in [1.807, 2.05) is 0 Å². The number of hydrogen-bond donors (Lipinski definition) is 4. The normalized spacial score (nSPS) is 11.9. The van der Waals surface area contributed by atoms with Gasteiger partial charge in [0.25, 0.3) is 0 Å². The van der Waals surface area contributed by atoms with E-state index in [1.54, 1.807) is 13.8 Å². The number of ether oxygens (including phenoxy) is 1. The van der Waals surface area contributed by atoms with Crippen LogP contribution in [0.2, 0.25) is 0 Å². The van der Waals surface area contributed by atoms with Gasteiger partial charge in [0.05, 0.1) is 6.61 Å². The van der Waals surface area contributed by atoms with Crippen LogP contribution in [0.15, 0.2) is 0 Å². The number of amides is 3. The Kier molecular flexibility index (Phi) is 7.45. The van der Waals surface area contributed by atoms with E-state index in [2.05, 4.69) is 10.6 Å². The highest BCUT2D eigenvalue weighted by molar-refractivity contribution is 5.82. The molecule has 0 fully saturated rings. The van der Waals surface area contributed by atoms with Gasteiger partial charge in [-0.15, -0.1) is 0 Å².